The molecule has 6 heteroatoms. The van der Waals surface area contributed by atoms with Gasteiger partial charge in [-0.05, 0) is 86.8 Å². The first-order chi connectivity index (χ1) is 13.7. The maximum atomic E-state index is 10.6. The zero-order valence-electron chi connectivity index (χ0n) is 17.8. The summed E-state index contributed by atoms with van der Waals surface area (Å²) in [5.41, 5.74) is 22.7. The Morgan fingerprint density at radius 1 is 0.828 bits per heavy atom. The lowest BCUT2D eigenvalue weighted by Gasteiger charge is -2.37. The van der Waals surface area contributed by atoms with Crippen LogP contribution in [0.2, 0.25) is 0 Å². The minimum Gasteiger partial charge on any atom is -0.366 e. The van der Waals surface area contributed by atoms with Crippen molar-refractivity contribution >= 4 is 11.8 Å². The second-order valence-corrected chi connectivity index (χ2v) is 9.19. The van der Waals surface area contributed by atoms with Crippen LogP contribution in [0.15, 0.2) is 24.3 Å². The summed E-state index contributed by atoms with van der Waals surface area (Å²) < 4.78 is 0. The van der Waals surface area contributed by atoms with E-state index in [1.807, 2.05) is 0 Å². The Morgan fingerprint density at radius 3 is 1.59 bits per heavy atom. The van der Waals surface area contributed by atoms with Gasteiger partial charge >= 0.3 is 0 Å². The third kappa shape index (κ3) is 7.12. The van der Waals surface area contributed by atoms with E-state index in [-0.39, 0.29) is 11.1 Å². The largest absolute Gasteiger partial charge is 0.366 e. The second kappa shape index (κ2) is 10.7. The molecular formula is C23H38N4O2. The summed E-state index contributed by atoms with van der Waals surface area (Å²) in [6.45, 7) is 4.66. The fraction of sp³-hybridized carbons (Fsp3) is 0.652. The minimum absolute atomic E-state index is 0.284. The van der Waals surface area contributed by atoms with Crippen molar-refractivity contribution in [3.05, 3.63) is 35.4 Å². The minimum atomic E-state index is -0.571. The van der Waals surface area contributed by atoms with E-state index >= 15 is 0 Å². The summed E-state index contributed by atoms with van der Waals surface area (Å²) in [4.78, 5) is 21.3. The summed E-state index contributed by atoms with van der Waals surface area (Å²) in [5.74, 6) is 2.21. The molecule has 162 valence electrons. The molecule has 0 heterocycles. The number of amides is 2. The van der Waals surface area contributed by atoms with E-state index in [2.05, 4.69) is 13.8 Å². The average molecular weight is 403 g/mol. The number of hydrogen-bond donors (Lipinski definition) is 4. The molecule has 0 aromatic heterocycles. The van der Waals surface area contributed by atoms with E-state index in [9.17, 15) is 9.59 Å². The zero-order valence-corrected chi connectivity index (χ0v) is 17.8. The molecule has 0 saturated heterocycles. The van der Waals surface area contributed by atoms with E-state index in [1.165, 1.54) is 63.1 Å². The zero-order chi connectivity index (χ0) is 21.6. The first-order valence-electron chi connectivity index (χ1n) is 10.9. The monoisotopic (exact) mass is 402 g/mol. The van der Waals surface area contributed by atoms with Crippen LogP contribution in [-0.4, -0.2) is 23.9 Å². The predicted molar refractivity (Wildman–Crippen MR) is 117 cm³/mol. The van der Waals surface area contributed by atoms with Gasteiger partial charge in [-0.15, -0.1) is 0 Å². The number of rotatable bonds is 4. The normalized spacial score (nSPS) is 32.0. The van der Waals surface area contributed by atoms with Crippen LogP contribution in [0.4, 0.5) is 0 Å². The van der Waals surface area contributed by atoms with Crippen LogP contribution < -0.4 is 22.9 Å². The number of carbonyl (C=O) groups is 2. The van der Waals surface area contributed by atoms with Crippen molar-refractivity contribution in [1.29, 1.82) is 0 Å². The first-order valence-corrected chi connectivity index (χ1v) is 10.9. The van der Waals surface area contributed by atoms with E-state index in [0.29, 0.717) is 12.1 Å². The van der Waals surface area contributed by atoms with Crippen molar-refractivity contribution in [2.45, 2.75) is 70.9 Å². The van der Waals surface area contributed by atoms with Crippen molar-refractivity contribution in [1.82, 2.24) is 0 Å². The van der Waals surface area contributed by atoms with Crippen molar-refractivity contribution in [3.8, 4) is 0 Å². The molecule has 6 atom stereocenters. The molecule has 2 saturated carbocycles. The molecule has 29 heavy (non-hydrogen) atoms. The lowest BCUT2D eigenvalue weighted by Crippen LogP contribution is -2.37. The van der Waals surface area contributed by atoms with Gasteiger partial charge in [0.25, 0.3) is 0 Å². The van der Waals surface area contributed by atoms with Crippen LogP contribution in [0.5, 0.6) is 0 Å². The lowest BCUT2D eigenvalue weighted by atomic mass is 9.71. The first kappa shape index (κ1) is 23.4. The summed E-state index contributed by atoms with van der Waals surface area (Å²) in [7, 11) is 0. The molecule has 0 spiro atoms. The Labute approximate surface area is 174 Å². The summed E-state index contributed by atoms with van der Waals surface area (Å²) in [6.07, 6.45) is 9.37. The molecule has 0 aliphatic heterocycles. The molecule has 6 nitrogen and oxygen atoms in total. The Balaban J connectivity index is 0.000000221. The van der Waals surface area contributed by atoms with Crippen LogP contribution in [0.3, 0.4) is 0 Å². The van der Waals surface area contributed by atoms with Gasteiger partial charge < -0.3 is 22.9 Å². The second-order valence-electron chi connectivity index (χ2n) is 9.19. The molecular weight excluding hydrogens is 364 g/mol. The highest BCUT2D eigenvalue weighted by Gasteiger charge is 2.30. The highest BCUT2D eigenvalue weighted by atomic mass is 16.1. The molecule has 1 aromatic carbocycles. The topological polar surface area (TPSA) is 138 Å². The smallest absolute Gasteiger partial charge is 0.248 e. The molecule has 2 amide bonds. The number of primary amides is 2. The average Bonchev–Trinajstić information content (AvgIpc) is 2.68. The standard InChI is InChI=1S/C15H30N2.C8H8N2O2/c1-10-7-12(3-5-14(10)16)9-13-4-6-15(17)11(2)8-13;9-7(11)5-2-1-3-6(4-5)8(10)12/h10-15H,3-9,16-17H2,1-2H3;1-4H,(H2,9,11)(H2,10,12). The Kier molecular flexibility index (Phi) is 8.65. The van der Waals surface area contributed by atoms with Crippen LogP contribution in [-0.2, 0) is 0 Å². The van der Waals surface area contributed by atoms with Crippen molar-refractivity contribution < 1.29 is 9.59 Å². The third-order valence-electron chi connectivity index (χ3n) is 6.79. The van der Waals surface area contributed by atoms with Gasteiger partial charge in [-0.1, -0.05) is 19.9 Å². The van der Waals surface area contributed by atoms with E-state index in [1.54, 1.807) is 6.07 Å². The number of carbonyl (C=O) groups excluding carboxylic acids is 2. The van der Waals surface area contributed by atoms with E-state index in [0.717, 1.165) is 23.7 Å². The van der Waals surface area contributed by atoms with Crippen LogP contribution >= 0.6 is 0 Å². The number of benzene rings is 1. The van der Waals surface area contributed by atoms with Crippen molar-refractivity contribution in [3.63, 3.8) is 0 Å². The molecule has 2 aliphatic rings. The molecule has 2 fully saturated rings. The Morgan fingerprint density at radius 2 is 1.24 bits per heavy atom. The molecule has 6 unspecified atom stereocenters. The van der Waals surface area contributed by atoms with Crippen LogP contribution in [0.1, 0.15) is 79.5 Å². The summed E-state index contributed by atoms with van der Waals surface area (Å²) in [6, 6.07) is 6.89. The number of hydrogen-bond acceptors (Lipinski definition) is 4. The van der Waals surface area contributed by atoms with Crippen LogP contribution in [0.25, 0.3) is 0 Å². The van der Waals surface area contributed by atoms with Gasteiger partial charge in [-0.2, -0.15) is 0 Å². The molecule has 0 radical (unpaired) electrons. The highest BCUT2D eigenvalue weighted by molar-refractivity contribution is 5.98. The molecule has 3 rings (SSSR count). The predicted octanol–water partition coefficient (Wildman–Crippen LogP) is 2.79. The third-order valence-corrected chi connectivity index (χ3v) is 6.79. The fourth-order valence-electron chi connectivity index (χ4n) is 4.79. The van der Waals surface area contributed by atoms with Gasteiger partial charge in [0.15, 0.2) is 0 Å². The quantitative estimate of drug-likeness (QED) is 0.615. The van der Waals surface area contributed by atoms with Crippen molar-refractivity contribution in [2.24, 2.45) is 46.6 Å². The molecule has 0 bridgehead atoms. The summed E-state index contributed by atoms with van der Waals surface area (Å²) in [5, 5.41) is 0. The maximum Gasteiger partial charge on any atom is 0.248 e. The van der Waals surface area contributed by atoms with Gasteiger partial charge in [-0.25, -0.2) is 0 Å². The van der Waals surface area contributed by atoms with E-state index < -0.39 is 11.8 Å². The van der Waals surface area contributed by atoms with Gasteiger partial charge in [0.1, 0.15) is 0 Å². The van der Waals surface area contributed by atoms with Gasteiger partial charge in [-0.3, -0.25) is 9.59 Å². The lowest BCUT2D eigenvalue weighted by molar-refractivity contribution is 0.0999. The van der Waals surface area contributed by atoms with Gasteiger partial charge in [0.05, 0.1) is 0 Å². The number of nitrogens with two attached hydrogens (primary N) is 4. The maximum absolute atomic E-state index is 10.6. The highest BCUT2D eigenvalue weighted by Crippen LogP contribution is 2.38. The van der Waals surface area contributed by atoms with Gasteiger partial charge in [0, 0.05) is 23.2 Å². The SMILES string of the molecule is CC1CC(CC2CCC(N)C(C)C2)CCC1N.NC(=O)c1cccc(C(N)=O)c1. The molecule has 8 N–H and O–H groups in total. The Bertz CT molecular complexity index is 640. The summed E-state index contributed by atoms with van der Waals surface area (Å²) >= 11 is 0. The van der Waals surface area contributed by atoms with Crippen molar-refractivity contribution in [2.75, 3.05) is 0 Å². The Hall–Kier alpha value is -1.92. The molecule has 2 aliphatic carbocycles. The molecule has 1 aromatic rings. The fourth-order valence-corrected chi connectivity index (χ4v) is 4.79. The van der Waals surface area contributed by atoms with Gasteiger partial charge in [0.2, 0.25) is 11.8 Å². The van der Waals surface area contributed by atoms with E-state index in [4.69, 9.17) is 22.9 Å². The van der Waals surface area contributed by atoms with Crippen LogP contribution in [0, 0.1) is 23.7 Å².